The van der Waals surface area contributed by atoms with E-state index in [1.165, 1.54) is 11.8 Å². The highest BCUT2D eigenvalue weighted by molar-refractivity contribution is 5.87. The maximum absolute atomic E-state index is 11.5. The van der Waals surface area contributed by atoms with Crippen LogP contribution in [0.25, 0.3) is 0 Å². The molecule has 0 aromatic heterocycles. The van der Waals surface area contributed by atoms with Gasteiger partial charge in [0.05, 0.1) is 0 Å². The number of fused-ring (bicyclic) bond motifs is 2. The summed E-state index contributed by atoms with van der Waals surface area (Å²) in [6.07, 6.45) is 5.22. The zero-order valence-electron chi connectivity index (χ0n) is 30.4. The normalized spacial score (nSPS) is 16.2. The number of para-hydroxylation sites is 2. The van der Waals surface area contributed by atoms with Gasteiger partial charge in [-0.25, -0.2) is 19.2 Å². The van der Waals surface area contributed by atoms with Gasteiger partial charge in [-0.2, -0.15) is 0 Å². The molecule has 2 aromatic carbocycles. The van der Waals surface area contributed by atoms with Crippen LogP contribution < -0.4 is 20.1 Å². The second kappa shape index (κ2) is 24.2. The minimum absolute atomic E-state index is 0.0740. The minimum Gasteiger partial charge on any atom is -0.490 e. The Hall–Kier alpha value is -5.00. The van der Waals surface area contributed by atoms with Crippen LogP contribution in [-0.2, 0) is 28.5 Å². The van der Waals surface area contributed by atoms with E-state index < -0.39 is 36.3 Å². The summed E-state index contributed by atoms with van der Waals surface area (Å²) in [4.78, 5) is 45.8. The maximum atomic E-state index is 11.5. The molecule has 12 nitrogen and oxygen atoms in total. The molecular weight excluding hydrogens is 656 g/mol. The van der Waals surface area contributed by atoms with Crippen LogP contribution in [0.2, 0.25) is 0 Å². The van der Waals surface area contributed by atoms with Crippen molar-refractivity contribution in [3.63, 3.8) is 0 Å². The molecule has 2 amide bonds. The van der Waals surface area contributed by atoms with E-state index in [2.05, 4.69) is 23.8 Å². The predicted molar refractivity (Wildman–Crippen MR) is 193 cm³/mol. The van der Waals surface area contributed by atoms with Gasteiger partial charge in [0, 0.05) is 24.2 Å². The van der Waals surface area contributed by atoms with Crippen molar-refractivity contribution < 1.29 is 47.6 Å². The first-order valence-corrected chi connectivity index (χ1v) is 17.4. The molecule has 2 saturated carbocycles. The summed E-state index contributed by atoms with van der Waals surface area (Å²) < 4.78 is 31.4. The molecule has 2 aliphatic rings. The number of hydrogen-bond donors (Lipinski definition) is 2. The monoisotopic (exact) mass is 710 g/mol. The standard InChI is InChI=1S/2C16H21NO5.C7H12/c2*1-4-17-16(19)22-14(11-21-15(18)12(2)3)10-20-13-8-6-5-7-9-13;1-2-7-4-3-6(1)5-7/h2*5-9,14H,2,4,10-11H2,1,3H3,(H,17,19);6-7H,1-5H2. The quantitative estimate of drug-likeness (QED) is 0.108. The highest BCUT2D eigenvalue weighted by Crippen LogP contribution is 2.43. The van der Waals surface area contributed by atoms with Gasteiger partial charge in [-0.05, 0) is 70.2 Å². The summed E-state index contributed by atoms with van der Waals surface area (Å²) in [5.74, 6) is 2.54. The van der Waals surface area contributed by atoms with Gasteiger partial charge < -0.3 is 39.1 Å². The second-order valence-electron chi connectivity index (χ2n) is 12.2. The second-order valence-corrected chi connectivity index (χ2v) is 12.2. The zero-order chi connectivity index (χ0) is 37.4. The number of nitrogens with one attached hydrogen (secondary N) is 2. The van der Waals surface area contributed by atoms with Crippen LogP contribution in [0.4, 0.5) is 9.59 Å². The van der Waals surface area contributed by atoms with Gasteiger partial charge in [0.25, 0.3) is 0 Å². The first-order chi connectivity index (χ1) is 24.5. The van der Waals surface area contributed by atoms with E-state index in [0.717, 1.165) is 0 Å². The van der Waals surface area contributed by atoms with Crippen LogP contribution in [0.3, 0.4) is 0 Å². The molecule has 51 heavy (non-hydrogen) atoms. The average Bonchev–Trinajstić information content (AvgIpc) is 3.79. The van der Waals surface area contributed by atoms with Gasteiger partial charge in [0.1, 0.15) is 37.9 Å². The van der Waals surface area contributed by atoms with E-state index in [1.54, 1.807) is 84.1 Å². The Balaban J connectivity index is 0.000000295. The number of carbonyl (C=O) groups excluding carboxylic acids is 4. The Morgan fingerprint density at radius 1 is 0.627 bits per heavy atom. The van der Waals surface area contributed by atoms with Gasteiger partial charge >= 0.3 is 24.1 Å². The van der Waals surface area contributed by atoms with Crippen LogP contribution in [0.1, 0.15) is 59.8 Å². The van der Waals surface area contributed by atoms with E-state index in [9.17, 15) is 19.2 Å². The SMILES string of the molecule is C1CC2CCC1C2.C=C(C)C(=O)OCC(COc1ccccc1)OC(=O)NCC.C=C(C)C(=O)OCC(COc1ccccc1)OC(=O)NCC. The molecule has 2 unspecified atom stereocenters. The molecule has 2 bridgehead atoms. The number of esters is 2. The molecule has 0 spiro atoms. The van der Waals surface area contributed by atoms with Crippen molar-refractivity contribution in [1.82, 2.24) is 10.6 Å². The maximum Gasteiger partial charge on any atom is 0.407 e. The van der Waals surface area contributed by atoms with Crippen LogP contribution in [-0.4, -0.2) is 75.9 Å². The van der Waals surface area contributed by atoms with Crippen molar-refractivity contribution in [2.45, 2.75) is 72.0 Å². The van der Waals surface area contributed by atoms with Crippen molar-refractivity contribution in [2.75, 3.05) is 39.5 Å². The molecule has 4 rings (SSSR count). The Morgan fingerprint density at radius 2 is 0.980 bits per heavy atom. The molecule has 0 heterocycles. The fourth-order valence-electron chi connectivity index (χ4n) is 5.08. The lowest BCUT2D eigenvalue weighted by molar-refractivity contribution is -0.143. The molecule has 0 saturated heterocycles. The Morgan fingerprint density at radius 3 is 1.25 bits per heavy atom. The van der Waals surface area contributed by atoms with Gasteiger partial charge in [-0.3, -0.25) is 0 Å². The first kappa shape index (κ1) is 42.2. The van der Waals surface area contributed by atoms with Crippen molar-refractivity contribution >= 4 is 24.1 Å². The van der Waals surface area contributed by atoms with Crippen LogP contribution in [0, 0.1) is 11.8 Å². The molecule has 12 heteroatoms. The third-order valence-electron chi connectivity index (χ3n) is 7.68. The molecule has 2 N–H and O–H groups in total. The number of ether oxygens (including phenoxy) is 6. The van der Waals surface area contributed by atoms with E-state index in [1.807, 2.05) is 36.4 Å². The largest absolute Gasteiger partial charge is 0.490 e. The fourth-order valence-corrected chi connectivity index (χ4v) is 5.08. The Kier molecular flexibility index (Phi) is 20.0. The molecule has 2 atom stereocenters. The minimum atomic E-state index is -0.713. The van der Waals surface area contributed by atoms with Gasteiger partial charge in [-0.15, -0.1) is 0 Å². The van der Waals surface area contributed by atoms with Crippen molar-refractivity contribution in [3.05, 3.63) is 85.0 Å². The van der Waals surface area contributed by atoms with E-state index in [4.69, 9.17) is 28.4 Å². The average molecular weight is 711 g/mol. The van der Waals surface area contributed by atoms with Crippen LogP contribution in [0.5, 0.6) is 11.5 Å². The fraction of sp³-hybridized carbons (Fsp3) is 0.487. The number of carbonyl (C=O) groups is 4. The lowest BCUT2D eigenvalue weighted by atomic mass is 10.0. The lowest BCUT2D eigenvalue weighted by Crippen LogP contribution is -2.35. The summed E-state index contributed by atoms with van der Waals surface area (Å²) >= 11 is 0. The number of rotatable bonds is 16. The Labute approximate surface area is 301 Å². The summed E-state index contributed by atoms with van der Waals surface area (Å²) in [5, 5.41) is 5.02. The van der Waals surface area contributed by atoms with Crippen molar-refractivity contribution in [3.8, 4) is 11.5 Å². The van der Waals surface area contributed by atoms with Crippen LogP contribution >= 0.6 is 0 Å². The van der Waals surface area contributed by atoms with Crippen LogP contribution in [0.15, 0.2) is 85.0 Å². The molecule has 0 aliphatic heterocycles. The third-order valence-corrected chi connectivity index (χ3v) is 7.68. The Bertz CT molecular complexity index is 1260. The number of amides is 2. The summed E-state index contributed by atoms with van der Waals surface area (Å²) in [6.45, 7) is 14.4. The summed E-state index contributed by atoms with van der Waals surface area (Å²) in [5.41, 5.74) is 0.557. The molecular formula is C39H54N2O10. The van der Waals surface area contributed by atoms with Gasteiger partial charge in [0.2, 0.25) is 0 Å². The topological polar surface area (TPSA) is 148 Å². The molecule has 2 aliphatic carbocycles. The number of benzene rings is 2. The molecule has 280 valence electrons. The highest BCUT2D eigenvalue weighted by atomic mass is 16.6. The first-order valence-electron chi connectivity index (χ1n) is 17.4. The van der Waals surface area contributed by atoms with Gasteiger partial charge in [0.15, 0.2) is 12.2 Å². The number of hydrogen-bond acceptors (Lipinski definition) is 10. The van der Waals surface area contributed by atoms with Crippen molar-refractivity contribution in [2.24, 2.45) is 11.8 Å². The number of alkyl carbamates (subject to hydrolysis) is 2. The molecule has 2 fully saturated rings. The van der Waals surface area contributed by atoms with Crippen molar-refractivity contribution in [1.29, 1.82) is 0 Å². The lowest BCUT2D eigenvalue weighted by Gasteiger charge is -2.18. The summed E-state index contributed by atoms with van der Waals surface area (Å²) in [7, 11) is 0. The molecule has 0 radical (unpaired) electrons. The van der Waals surface area contributed by atoms with Gasteiger partial charge in [-0.1, -0.05) is 75.2 Å². The zero-order valence-corrected chi connectivity index (χ0v) is 30.4. The highest BCUT2D eigenvalue weighted by Gasteiger charge is 2.30. The van der Waals surface area contributed by atoms with E-state index in [0.29, 0.717) is 24.6 Å². The smallest absolute Gasteiger partial charge is 0.407 e. The summed E-state index contributed by atoms with van der Waals surface area (Å²) in [6, 6.07) is 18.2. The van der Waals surface area contributed by atoms with E-state index >= 15 is 0 Å². The van der Waals surface area contributed by atoms with E-state index in [-0.39, 0.29) is 37.6 Å². The third kappa shape index (κ3) is 18.5. The predicted octanol–water partition coefficient (Wildman–Crippen LogP) is 6.80. The molecule has 2 aromatic rings.